The first-order chi connectivity index (χ1) is 14.2. The van der Waals surface area contributed by atoms with Crippen LogP contribution in [0.1, 0.15) is 16.8 Å². The van der Waals surface area contributed by atoms with Crippen LogP contribution in [0.15, 0.2) is 60.8 Å². The van der Waals surface area contributed by atoms with Gasteiger partial charge in [0.25, 0.3) is 5.91 Å². The number of nitrogens with zero attached hydrogens (tertiary/aromatic N) is 2. The molecule has 0 radical (unpaired) electrons. The fourth-order valence-corrected chi connectivity index (χ4v) is 3.33. The molecule has 4 rings (SSSR count). The molecule has 7 nitrogen and oxygen atoms in total. The van der Waals surface area contributed by atoms with E-state index in [0.29, 0.717) is 30.1 Å². The summed E-state index contributed by atoms with van der Waals surface area (Å²) in [5, 5.41) is 16.5. The van der Waals surface area contributed by atoms with Crippen LogP contribution in [0.3, 0.4) is 0 Å². The van der Waals surface area contributed by atoms with Gasteiger partial charge in [0.15, 0.2) is 0 Å². The smallest absolute Gasteiger partial charge is 0.259 e. The number of aliphatic hydroxyl groups is 1. The van der Waals surface area contributed by atoms with E-state index in [0.717, 1.165) is 24.3 Å². The number of amides is 1. The molecule has 1 atom stereocenters. The molecular weight excluding hydrogens is 370 g/mol. The van der Waals surface area contributed by atoms with Crippen LogP contribution >= 0.6 is 0 Å². The molecule has 0 bridgehead atoms. The van der Waals surface area contributed by atoms with Gasteiger partial charge in [-0.15, -0.1) is 0 Å². The lowest BCUT2D eigenvalue weighted by molar-refractivity contribution is 0.102. The third-order valence-electron chi connectivity index (χ3n) is 4.75. The summed E-state index contributed by atoms with van der Waals surface area (Å²) in [5.74, 6) is 0.491. The number of carbonyl (C=O) groups excluding carboxylic acids is 1. The molecule has 1 aromatic heterocycles. The van der Waals surface area contributed by atoms with Gasteiger partial charge in [0.05, 0.1) is 43.8 Å². The predicted molar refractivity (Wildman–Crippen MR) is 109 cm³/mol. The Kier molecular flexibility index (Phi) is 5.88. The van der Waals surface area contributed by atoms with Gasteiger partial charge < -0.3 is 19.9 Å². The van der Waals surface area contributed by atoms with Crippen molar-refractivity contribution in [1.82, 2.24) is 9.78 Å². The minimum atomic E-state index is -0.258. The second-order valence-electron chi connectivity index (χ2n) is 6.80. The van der Waals surface area contributed by atoms with Crippen molar-refractivity contribution in [3.63, 3.8) is 0 Å². The average Bonchev–Trinajstić information content (AvgIpc) is 3.40. The summed E-state index contributed by atoms with van der Waals surface area (Å²) < 4.78 is 12.8. The largest absolute Gasteiger partial charge is 0.488 e. The lowest BCUT2D eigenvalue weighted by atomic mass is 10.1. The van der Waals surface area contributed by atoms with Crippen molar-refractivity contribution in [3.05, 3.63) is 66.4 Å². The molecule has 1 fully saturated rings. The highest BCUT2D eigenvalue weighted by molar-refractivity contribution is 6.08. The van der Waals surface area contributed by atoms with E-state index in [1.807, 2.05) is 54.6 Å². The second-order valence-corrected chi connectivity index (χ2v) is 6.80. The van der Waals surface area contributed by atoms with Gasteiger partial charge >= 0.3 is 0 Å². The molecule has 1 aliphatic rings. The molecule has 0 unspecified atom stereocenters. The van der Waals surface area contributed by atoms with Crippen molar-refractivity contribution in [3.8, 4) is 17.0 Å². The van der Waals surface area contributed by atoms with Crippen LogP contribution in [0.2, 0.25) is 0 Å². The number of aliphatic hydroxyl groups excluding tert-OH is 1. The van der Waals surface area contributed by atoms with Crippen LogP contribution in [-0.2, 0) is 11.3 Å². The third kappa shape index (κ3) is 4.47. The molecule has 2 N–H and O–H groups in total. The lowest BCUT2D eigenvalue weighted by Gasteiger charge is -2.13. The highest BCUT2D eigenvalue weighted by atomic mass is 16.5. The van der Waals surface area contributed by atoms with E-state index in [-0.39, 0.29) is 18.6 Å². The molecule has 3 aromatic rings. The fourth-order valence-electron chi connectivity index (χ4n) is 3.33. The minimum absolute atomic E-state index is 0.0595. The zero-order chi connectivity index (χ0) is 20.1. The standard InChI is InChI=1S/C22H23N3O4/c26-12-11-25-21(16-4-2-1-3-5-16)20(14-23-25)22(27)24-17-6-8-18(9-7-17)29-19-10-13-28-15-19/h1-9,14,19,26H,10-13,15H2,(H,24,27)/t19-/m0/s1. The monoisotopic (exact) mass is 393 g/mol. The molecule has 1 amide bonds. The quantitative estimate of drug-likeness (QED) is 0.645. The number of anilines is 1. The Morgan fingerprint density at radius 3 is 2.69 bits per heavy atom. The minimum Gasteiger partial charge on any atom is -0.488 e. The molecule has 0 spiro atoms. The van der Waals surface area contributed by atoms with Gasteiger partial charge in [-0.3, -0.25) is 9.48 Å². The van der Waals surface area contributed by atoms with E-state index >= 15 is 0 Å². The molecule has 7 heteroatoms. The van der Waals surface area contributed by atoms with Crippen molar-refractivity contribution < 1.29 is 19.4 Å². The van der Waals surface area contributed by atoms with Gasteiger partial charge in [0.2, 0.25) is 0 Å². The summed E-state index contributed by atoms with van der Waals surface area (Å²) >= 11 is 0. The van der Waals surface area contributed by atoms with Crippen molar-refractivity contribution in [2.75, 3.05) is 25.1 Å². The molecule has 2 aromatic carbocycles. The summed E-state index contributed by atoms with van der Waals surface area (Å²) in [6.45, 7) is 1.59. The summed E-state index contributed by atoms with van der Waals surface area (Å²) in [4.78, 5) is 12.9. The maximum Gasteiger partial charge on any atom is 0.259 e. The molecule has 1 saturated heterocycles. The van der Waals surface area contributed by atoms with Crippen LogP contribution in [0.4, 0.5) is 5.69 Å². The van der Waals surface area contributed by atoms with Crippen molar-refractivity contribution in [1.29, 1.82) is 0 Å². The van der Waals surface area contributed by atoms with Crippen LogP contribution in [0.25, 0.3) is 11.3 Å². The fraction of sp³-hybridized carbons (Fsp3) is 0.273. The van der Waals surface area contributed by atoms with Gasteiger partial charge in [-0.25, -0.2) is 0 Å². The number of nitrogens with one attached hydrogen (secondary N) is 1. The molecule has 0 saturated carbocycles. The number of rotatable bonds is 7. The van der Waals surface area contributed by atoms with Gasteiger partial charge in [-0.2, -0.15) is 5.10 Å². The number of benzene rings is 2. The topological polar surface area (TPSA) is 85.6 Å². The second kappa shape index (κ2) is 8.89. The molecule has 2 heterocycles. The maximum atomic E-state index is 12.9. The molecule has 150 valence electrons. The number of hydrogen-bond acceptors (Lipinski definition) is 5. The van der Waals surface area contributed by atoms with E-state index in [1.165, 1.54) is 6.20 Å². The number of carbonyl (C=O) groups is 1. The number of aromatic nitrogens is 2. The van der Waals surface area contributed by atoms with E-state index in [2.05, 4.69) is 10.4 Å². The zero-order valence-corrected chi connectivity index (χ0v) is 16.0. The highest BCUT2D eigenvalue weighted by Gasteiger charge is 2.20. The first kappa shape index (κ1) is 19.2. The third-order valence-corrected chi connectivity index (χ3v) is 4.75. The van der Waals surface area contributed by atoms with Crippen LogP contribution < -0.4 is 10.1 Å². The number of ether oxygens (including phenoxy) is 2. The van der Waals surface area contributed by atoms with Crippen LogP contribution in [-0.4, -0.2) is 46.7 Å². The molecular formula is C22H23N3O4. The van der Waals surface area contributed by atoms with Gasteiger partial charge in [0, 0.05) is 17.7 Å². The Morgan fingerprint density at radius 1 is 1.21 bits per heavy atom. The Balaban J connectivity index is 1.51. The van der Waals surface area contributed by atoms with E-state index in [1.54, 1.807) is 4.68 Å². The molecule has 1 aliphatic heterocycles. The van der Waals surface area contributed by atoms with E-state index in [4.69, 9.17) is 9.47 Å². The normalized spacial score (nSPS) is 16.0. The molecule has 0 aliphatic carbocycles. The Labute approximate surface area is 168 Å². The lowest BCUT2D eigenvalue weighted by Crippen LogP contribution is -2.16. The van der Waals surface area contributed by atoms with Crippen molar-refractivity contribution in [2.45, 2.75) is 19.1 Å². The van der Waals surface area contributed by atoms with Gasteiger partial charge in [-0.1, -0.05) is 30.3 Å². The summed E-state index contributed by atoms with van der Waals surface area (Å²) in [6, 6.07) is 16.8. The maximum absolute atomic E-state index is 12.9. The molecule has 29 heavy (non-hydrogen) atoms. The van der Waals surface area contributed by atoms with Crippen LogP contribution in [0.5, 0.6) is 5.75 Å². The Hall–Kier alpha value is -3.16. The van der Waals surface area contributed by atoms with Crippen molar-refractivity contribution >= 4 is 11.6 Å². The first-order valence-electron chi connectivity index (χ1n) is 9.62. The summed E-state index contributed by atoms with van der Waals surface area (Å²) in [6.07, 6.45) is 2.50. The van der Waals surface area contributed by atoms with E-state index < -0.39 is 0 Å². The van der Waals surface area contributed by atoms with Crippen molar-refractivity contribution in [2.24, 2.45) is 0 Å². The van der Waals surface area contributed by atoms with E-state index in [9.17, 15) is 9.90 Å². The zero-order valence-electron chi connectivity index (χ0n) is 16.0. The number of hydrogen-bond donors (Lipinski definition) is 2. The predicted octanol–water partition coefficient (Wildman–Crippen LogP) is 2.96. The Morgan fingerprint density at radius 2 is 2.00 bits per heavy atom. The summed E-state index contributed by atoms with van der Waals surface area (Å²) in [7, 11) is 0. The average molecular weight is 393 g/mol. The SMILES string of the molecule is O=C(Nc1ccc(O[C@H]2CCOC2)cc1)c1cnn(CCO)c1-c1ccccc1. The highest BCUT2D eigenvalue weighted by Crippen LogP contribution is 2.25. The van der Waals surface area contributed by atoms with Gasteiger partial charge in [-0.05, 0) is 24.3 Å². The summed E-state index contributed by atoms with van der Waals surface area (Å²) in [5.41, 5.74) is 2.66. The van der Waals surface area contributed by atoms with Crippen LogP contribution in [0, 0.1) is 0 Å². The Bertz CT molecular complexity index is 948. The first-order valence-corrected chi connectivity index (χ1v) is 9.62. The van der Waals surface area contributed by atoms with Gasteiger partial charge in [0.1, 0.15) is 11.9 Å².